The zero-order valence-electron chi connectivity index (χ0n) is 9.87. The molecule has 0 aliphatic carbocycles. The molecule has 3 aromatic rings. The van der Waals surface area contributed by atoms with Crippen LogP contribution in [-0.4, -0.2) is 14.6 Å². The lowest BCUT2D eigenvalue weighted by Gasteiger charge is -2.08. The Kier molecular flexibility index (Phi) is 2.82. The van der Waals surface area contributed by atoms with Gasteiger partial charge >= 0.3 is 0 Å². The molecule has 6 heteroatoms. The van der Waals surface area contributed by atoms with Crippen molar-refractivity contribution in [1.29, 1.82) is 5.26 Å². The molecule has 3 rings (SSSR count). The Morgan fingerprint density at radius 2 is 2.16 bits per heavy atom. The summed E-state index contributed by atoms with van der Waals surface area (Å²) in [7, 11) is 0. The highest BCUT2D eigenvalue weighted by Gasteiger charge is 2.13. The molecular formula is C13H9N5S. The van der Waals surface area contributed by atoms with Gasteiger partial charge in [-0.2, -0.15) is 5.26 Å². The molecule has 1 aromatic carbocycles. The SMILES string of the molecule is N#Cc1c(Cc2csnn2)nc2ccccc2c1N. The quantitative estimate of drug-likeness (QED) is 0.768. The Hall–Kier alpha value is -2.52. The van der Waals surface area contributed by atoms with E-state index in [9.17, 15) is 5.26 Å². The van der Waals surface area contributed by atoms with Crippen LogP contribution in [0.2, 0.25) is 0 Å². The highest BCUT2D eigenvalue weighted by molar-refractivity contribution is 7.03. The van der Waals surface area contributed by atoms with Crippen LogP contribution >= 0.6 is 11.5 Å². The maximum absolute atomic E-state index is 9.28. The van der Waals surface area contributed by atoms with Gasteiger partial charge in [0, 0.05) is 17.2 Å². The van der Waals surface area contributed by atoms with Gasteiger partial charge in [-0.3, -0.25) is 4.98 Å². The number of fused-ring (bicyclic) bond motifs is 1. The van der Waals surface area contributed by atoms with Gasteiger partial charge in [-0.25, -0.2) is 0 Å². The van der Waals surface area contributed by atoms with Crippen LogP contribution < -0.4 is 5.73 Å². The molecule has 0 unspecified atom stereocenters. The zero-order chi connectivity index (χ0) is 13.2. The lowest BCUT2D eigenvalue weighted by atomic mass is 10.0. The number of para-hydroxylation sites is 1. The Bertz CT molecular complexity index is 774. The van der Waals surface area contributed by atoms with Gasteiger partial charge in [0.15, 0.2) is 0 Å². The predicted molar refractivity (Wildman–Crippen MR) is 73.6 cm³/mol. The third kappa shape index (κ3) is 2.00. The highest BCUT2D eigenvalue weighted by Crippen LogP contribution is 2.26. The Morgan fingerprint density at radius 1 is 1.32 bits per heavy atom. The number of nitriles is 1. The first-order valence-electron chi connectivity index (χ1n) is 5.62. The maximum atomic E-state index is 9.28. The second-order valence-corrected chi connectivity index (χ2v) is 4.66. The first-order valence-corrected chi connectivity index (χ1v) is 6.46. The summed E-state index contributed by atoms with van der Waals surface area (Å²) in [4.78, 5) is 4.52. The van der Waals surface area contributed by atoms with E-state index in [4.69, 9.17) is 5.73 Å². The van der Waals surface area contributed by atoms with E-state index in [-0.39, 0.29) is 0 Å². The van der Waals surface area contributed by atoms with Gasteiger partial charge in [-0.1, -0.05) is 22.7 Å². The van der Waals surface area contributed by atoms with E-state index in [0.29, 0.717) is 23.4 Å². The molecule has 0 fully saturated rings. The Balaban J connectivity index is 2.21. The molecule has 2 N–H and O–H groups in total. The molecule has 0 saturated carbocycles. The van der Waals surface area contributed by atoms with Crippen LogP contribution in [0.15, 0.2) is 29.6 Å². The first-order chi connectivity index (χ1) is 9.29. The second kappa shape index (κ2) is 4.63. The molecule has 92 valence electrons. The van der Waals surface area contributed by atoms with Crippen LogP contribution in [0.5, 0.6) is 0 Å². The normalized spacial score (nSPS) is 10.5. The maximum Gasteiger partial charge on any atom is 0.103 e. The van der Waals surface area contributed by atoms with Crippen molar-refractivity contribution in [2.75, 3.05) is 5.73 Å². The minimum absolute atomic E-state index is 0.423. The number of hydrogen-bond acceptors (Lipinski definition) is 6. The van der Waals surface area contributed by atoms with Crippen molar-refractivity contribution >= 4 is 28.1 Å². The van der Waals surface area contributed by atoms with Gasteiger partial charge in [0.1, 0.15) is 6.07 Å². The fraction of sp³-hybridized carbons (Fsp3) is 0.0769. The van der Waals surface area contributed by atoms with Gasteiger partial charge in [0.05, 0.1) is 28.2 Å². The van der Waals surface area contributed by atoms with Gasteiger partial charge in [-0.05, 0) is 17.6 Å². The molecule has 0 aliphatic heterocycles. The third-order valence-electron chi connectivity index (χ3n) is 2.87. The molecule has 2 aromatic heterocycles. The van der Waals surface area contributed by atoms with Gasteiger partial charge in [0.25, 0.3) is 0 Å². The number of rotatable bonds is 2. The summed E-state index contributed by atoms with van der Waals surface area (Å²) in [5.74, 6) is 0. The Labute approximate surface area is 113 Å². The standard InChI is InChI=1S/C13H9N5S/c14-6-10-12(5-8-7-19-18-17-8)16-11-4-2-1-3-9(11)13(10)15/h1-4,7H,5H2,(H2,15,16). The average molecular weight is 267 g/mol. The molecule has 0 radical (unpaired) electrons. The van der Waals surface area contributed by atoms with Crippen LogP contribution in [0.4, 0.5) is 5.69 Å². The van der Waals surface area contributed by atoms with E-state index in [1.807, 2.05) is 29.6 Å². The lowest BCUT2D eigenvalue weighted by molar-refractivity contribution is 0.984. The first kappa shape index (κ1) is 11.6. The summed E-state index contributed by atoms with van der Waals surface area (Å²) in [5.41, 5.74) is 9.19. The minimum atomic E-state index is 0.423. The molecule has 0 bridgehead atoms. The molecule has 0 spiro atoms. The molecule has 2 heterocycles. The number of nitrogens with two attached hydrogens (primary N) is 1. The summed E-state index contributed by atoms with van der Waals surface area (Å²) in [6.07, 6.45) is 0.467. The molecule has 0 saturated heterocycles. The number of aromatic nitrogens is 3. The number of nitrogens with zero attached hydrogens (tertiary/aromatic N) is 4. The van der Waals surface area contributed by atoms with E-state index in [2.05, 4.69) is 20.6 Å². The average Bonchev–Trinajstić information content (AvgIpc) is 2.92. The number of pyridine rings is 1. The predicted octanol–water partition coefficient (Wildman–Crippen LogP) is 2.13. The monoisotopic (exact) mass is 267 g/mol. The number of benzene rings is 1. The van der Waals surface area contributed by atoms with Crippen LogP contribution in [0.25, 0.3) is 10.9 Å². The van der Waals surface area contributed by atoms with Crippen molar-refractivity contribution in [3.8, 4) is 6.07 Å². The summed E-state index contributed by atoms with van der Waals surface area (Å²) >= 11 is 1.28. The molecular weight excluding hydrogens is 258 g/mol. The number of nitrogen functional groups attached to an aromatic ring is 1. The highest BCUT2D eigenvalue weighted by atomic mass is 32.1. The number of anilines is 1. The van der Waals surface area contributed by atoms with Crippen molar-refractivity contribution in [2.24, 2.45) is 0 Å². The summed E-state index contributed by atoms with van der Waals surface area (Å²) < 4.78 is 3.81. The van der Waals surface area contributed by atoms with Crippen LogP contribution in [-0.2, 0) is 6.42 Å². The van der Waals surface area contributed by atoms with Crippen molar-refractivity contribution < 1.29 is 0 Å². The smallest absolute Gasteiger partial charge is 0.103 e. The molecule has 0 atom stereocenters. The largest absolute Gasteiger partial charge is 0.397 e. The summed E-state index contributed by atoms with van der Waals surface area (Å²) in [5, 5.41) is 15.9. The van der Waals surface area contributed by atoms with Gasteiger partial charge in [-0.15, -0.1) is 5.10 Å². The number of hydrogen-bond donors (Lipinski definition) is 1. The zero-order valence-corrected chi connectivity index (χ0v) is 10.7. The van der Waals surface area contributed by atoms with E-state index in [1.54, 1.807) is 0 Å². The lowest BCUT2D eigenvalue weighted by Crippen LogP contribution is -2.03. The topological polar surface area (TPSA) is 88.5 Å². The fourth-order valence-corrected chi connectivity index (χ4v) is 2.43. The van der Waals surface area contributed by atoms with Crippen molar-refractivity contribution in [3.05, 3.63) is 46.6 Å². The molecule has 0 amide bonds. The summed E-state index contributed by atoms with van der Waals surface area (Å²) in [6, 6.07) is 9.67. The third-order valence-corrected chi connectivity index (χ3v) is 3.43. The van der Waals surface area contributed by atoms with E-state index in [0.717, 1.165) is 16.6 Å². The summed E-state index contributed by atoms with van der Waals surface area (Å²) in [6.45, 7) is 0. The second-order valence-electron chi connectivity index (χ2n) is 4.05. The van der Waals surface area contributed by atoms with Crippen LogP contribution in [0, 0.1) is 11.3 Å². The minimum Gasteiger partial charge on any atom is -0.397 e. The van der Waals surface area contributed by atoms with Crippen LogP contribution in [0.3, 0.4) is 0 Å². The Morgan fingerprint density at radius 3 is 2.89 bits per heavy atom. The van der Waals surface area contributed by atoms with Crippen molar-refractivity contribution in [1.82, 2.24) is 14.6 Å². The van der Waals surface area contributed by atoms with E-state index >= 15 is 0 Å². The van der Waals surface area contributed by atoms with E-state index < -0.39 is 0 Å². The molecule has 19 heavy (non-hydrogen) atoms. The van der Waals surface area contributed by atoms with Crippen molar-refractivity contribution in [2.45, 2.75) is 6.42 Å². The van der Waals surface area contributed by atoms with E-state index in [1.165, 1.54) is 11.5 Å². The van der Waals surface area contributed by atoms with Gasteiger partial charge < -0.3 is 5.73 Å². The van der Waals surface area contributed by atoms with Crippen molar-refractivity contribution in [3.63, 3.8) is 0 Å². The van der Waals surface area contributed by atoms with Crippen LogP contribution in [0.1, 0.15) is 17.0 Å². The van der Waals surface area contributed by atoms with Gasteiger partial charge in [0.2, 0.25) is 0 Å². The fourth-order valence-electron chi connectivity index (χ4n) is 1.98. The molecule has 0 aliphatic rings. The molecule has 5 nitrogen and oxygen atoms in total.